The minimum absolute atomic E-state index is 0.420. The average molecular weight is 363 g/mol. The van der Waals surface area contributed by atoms with Gasteiger partial charge in [0.15, 0.2) is 0 Å². The maximum atomic E-state index is 5.91. The second-order valence-corrected chi connectivity index (χ2v) is 6.22. The van der Waals surface area contributed by atoms with Crippen LogP contribution in [0, 0.1) is 0 Å². The van der Waals surface area contributed by atoms with Gasteiger partial charge in [0.1, 0.15) is 4.99 Å². The van der Waals surface area contributed by atoms with Crippen molar-refractivity contribution in [2.24, 2.45) is 5.73 Å². The lowest BCUT2D eigenvalue weighted by Gasteiger charge is -2.27. The Morgan fingerprint density at radius 3 is 2.52 bits per heavy atom. The van der Waals surface area contributed by atoms with Crippen molar-refractivity contribution in [1.29, 1.82) is 0 Å². The number of halogens is 1. The van der Waals surface area contributed by atoms with Crippen LogP contribution in [-0.2, 0) is 0 Å². The van der Waals surface area contributed by atoms with Crippen molar-refractivity contribution >= 4 is 44.5 Å². The molecule has 2 rings (SSSR count). The highest BCUT2D eigenvalue weighted by molar-refractivity contribution is 9.10. The van der Waals surface area contributed by atoms with E-state index < -0.39 is 0 Å². The first-order valence-electron chi connectivity index (χ1n) is 7.05. The van der Waals surface area contributed by atoms with E-state index in [2.05, 4.69) is 46.0 Å². The SMILES string of the molecule is CCCCN(c1ccccc1)c1ccc(Br)cc1C(N)=S. The van der Waals surface area contributed by atoms with Crippen LogP contribution in [0.3, 0.4) is 0 Å². The van der Waals surface area contributed by atoms with E-state index in [-0.39, 0.29) is 0 Å². The van der Waals surface area contributed by atoms with E-state index in [0.29, 0.717) is 4.99 Å². The summed E-state index contributed by atoms with van der Waals surface area (Å²) >= 11 is 8.71. The molecule has 0 aliphatic carbocycles. The minimum atomic E-state index is 0.420. The largest absolute Gasteiger partial charge is 0.389 e. The molecule has 0 spiro atoms. The molecule has 110 valence electrons. The van der Waals surface area contributed by atoms with Crippen LogP contribution in [0.25, 0.3) is 0 Å². The van der Waals surface area contributed by atoms with Crippen LogP contribution in [0.5, 0.6) is 0 Å². The molecule has 0 fully saturated rings. The third kappa shape index (κ3) is 4.05. The first-order chi connectivity index (χ1) is 10.1. The molecule has 0 atom stereocenters. The molecule has 0 bridgehead atoms. The Bertz CT molecular complexity index is 613. The first-order valence-corrected chi connectivity index (χ1v) is 8.25. The van der Waals surface area contributed by atoms with Crippen LogP contribution in [0.15, 0.2) is 53.0 Å². The van der Waals surface area contributed by atoms with Crippen LogP contribution in [0.1, 0.15) is 25.3 Å². The summed E-state index contributed by atoms with van der Waals surface area (Å²) in [6, 6.07) is 16.4. The summed E-state index contributed by atoms with van der Waals surface area (Å²) in [7, 11) is 0. The number of rotatable bonds is 6. The molecule has 0 aliphatic heterocycles. The van der Waals surface area contributed by atoms with Crippen molar-refractivity contribution in [2.45, 2.75) is 19.8 Å². The van der Waals surface area contributed by atoms with Gasteiger partial charge in [0.25, 0.3) is 0 Å². The number of para-hydroxylation sites is 1. The molecule has 0 unspecified atom stereocenters. The van der Waals surface area contributed by atoms with E-state index in [4.69, 9.17) is 18.0 Å². The smallest absolute Gasteiger partial charge is 0.106 e. The van der Waals surface area contributed by atoms with Crippen molar-refractivity contribution < 1.29 is 0 Å². The summed E-state index contributed by atoms with van der Waals surface area (Å²) in [5, 5.41) is 0. The van der Waals surface area contributed by atoms with Crippen molar-refractivity contribution in [3.63, 3.8) is 0 Å². The fourth-order valence-electron chi connectivity index (χ4n) is 2.25. The predicted molar refractivity (Wildman–Crippen MR) is 98.4 cm³/mol. The number of benzene rings is 2. The zero-order valence-electron chi connectivity index (χ0n) is 12.1. The van der Waals surface area contributed by atoms with E-state index in [9.17, 15) is 0 Å². The van der Waals surface area contributed by atoms with Crippen molar-refractivity contribution in [3.8, 4) is 0 Å². The van der Waals surface area contributed by atoms with Crippen LogP contribution < -0.4 is 10.6 Å². The third-order valence-electron chi connectivity index (χ3n) is 3.32. The van der Waals surface area contributed by atoms with Crippen molar-refractivity contribution in [2.75, 3.05) is 11.4 Å². The molecular weight excluding hydrogens is 344 g/mol. The molecule has 4 heteroatoms. The number of thiocarbonyl (C=S) groups is 1. The van der Waals surface area contributed by atoms with Gasteiger partial charge >= 0.3 is 0 Å². The van der Waals surface area contributed by atoms with E-state index >= 15 is 0 Å². The lowest BCUT2D eigenvalue weighted by Crippen LogP contribution is -2.22. The highest BCUT2D eigenvalue weighted by Crippen LogP contribution is 2.31. The van der Waals surface area contributed by atoms with Crippen LogP contribution in [0.4, 0.5) is 11.4 Å². The Balaban J connectivity index is 2.48. The number of hydrogen-bond donors (Lipinski definition) is 1. The number of unbranched alkanes of at least 4 members (excludes halogenated alkanes) is 1. The zero-order valence-corrected chi connectivity index (χ0v) is 14.5. The molecule has 0 aromatic heterocycles. The van der Waals surface area contributed by atoms with Gasteiger partial charge in [-0.15, -0.1) is 0 Å². The molecule has 0 aliphatic rings. The van der Waals surface area contributed by atoms with Gasteiger partial charge in [-0.3, -0.25) is 0 Å². The zero-order chi connectivity index (χ0) is 15.2. The number of nitrogens with two attached hydrogens (primary N) is 1. The fourth-order valence-corrected chi connectivity index (χ4v) is 2.78. The highest BCUT2D eigenvalue weighted by atomic mass is 79.9. The molecule has 0 amide bonds. The quantitative estimate of drug-likeness (QED) is 0.731. The molecular formula is C17H19BrN2S. The lowest BCUT2D eigenvalue weighted by atomic mass is 10.1. The molecule has 2 aromatic carbocycles. The van der Waals surface area contributed by atoms with Crippen molar-refractivity contribution in [3.05, 3.63) is 58.6 Å². The predicted octanol–water partition coefficient (Wildman–Crippen LogP) is 5.02. The Labute approximate surface area is 140 Å². The normalized spacial score (nSPS) is 10.4. The molecule has 2 nitrogen and oxygen atoms in total. The van der Waals surface area contributed by atoms with E-state index in [0.717, 1.165) is 40.8 Å². The summed E-state index contributed by atoms with van der Waals surface area (Å²) in [5.74, 6) is 0. The van der Waals surface area contributed by atoms with Gasteiger partial charge in [-0.2, -0.15) is 0 Å². The molecule has 21 heavy (non-hydrogen) atoms. The standard InChI is InChI=1S/C17H19BrN2S/c1-2-3-11-20(14-7-5-4-6-8-14)16-10-9-13(18)12-15(16)17(19)21/h4-10,12H,2-3,11H2,1H3,(H2,19,21). The second kappa shape index (κ2) is 7.57. The Hall–Kier alpha value is -1.39. The van der Waals surface area contributed by atoms with Gasteiger partial charge < -0.3 is 10.6 Å². The fraction of sp³-hybridized carbons (Fsp3) is 0.235. The van der Waals surface area contributed by atoms with Gasteiger partial charge in [0.05, 0.1) is 5.69 Å². The summed E-state index contributed by atoms with van der Waals surface area (Å²) in [6.07, 6.45) is 2.25. The second-order valence-electron chi connectivity index (χ2n) is 4.87. The molecule has 2 aromatic rings. The summed E-state index contributed by atoms with van der Waals surface area (Å²) in [5.41, 5.74) is 9.03. The summed E-state index contributed by atoms with van der Waals surface area (Å²) < 4.78 is 0.984. The maximum absolute atomic E-state index is 5.91. The monoisotopic (exact) mass is 362 g/mol. The Morgan fingerprint density at radius 2 is 1.90 bits per heavy atom. The topological polar surface area (TPSA) is 29.3 Å². The number of hydrogen-bond acceptors (Lipinski definition) is 2. The van der Waals surface area contributed by atoms with E-state index in [1.54, 1.807) is 0 Å². The highest BCUT2D eigenvalue weighted by Gasteiger charge is 2.14. The van der Waals surface area contributed by atoms with E-state index in [1.807, 2.05) is 30.3 Å². The van der Waals surface area contributed by atoms with Gasteiger partial charge in [-0.25, -0.2) is 0 Å². The van der Waals surface area contributed by atoms with Gasteiger partial charge in [0.2, 0.25) is 0 Å². The third-order valence-corrected chi connectivity index (χ3v) is 4.03. The molecule has 0 saturated heterocycles. The Morgan fingerprint density at radius 1 is 1.19 bits per heavy atom. The maximum Gasteiger partial charge on any atom is 0.106 e. The molecule has 0 radical (unpaired) electrons. The van der Waals surface area contributed by atoms with E-state index in [1.165, 1.54) is 0 Å². The van der Waals surface area contributed by atoms with Crippen molar-refractivity contribution in [1.82, 2.24) is 0 Å². The van der Waals surface area contributed by atoms with Gasteiger partial charge in [0, 0.05) is 22.3 Å². The molecule has 0 heterocycles. The molecule has 2 N–H and O–H groups in total. The summed E-state index contributed by atoms with van der Waals surface area (Å²) in [6.45, 7) is 3.14. The number of nitrogens with zero attached hydrogens (tertiary/aromatic N) is 1. The molecule has 0 saturated carbocycles. The minimum Gasteiger partial charge on any atom is -0.389 e. The average Bonchev–Trinajstić information content (AvgIpc) is 2.49. The van der Waals surface area contributed by atoms with Gasteiger partial charge in [-0.1, -0.05) is 59.7 Å². The van der Waals surface area contributed by atoms with Crippen LogP contribution in [0.2, 0.25) is 0 Å². The Kier molecular flexibility index (Phi) is 5.76. The number of anilines is 2. The first kappa shape index (κ1) is 16.0. The van der Waals surface area contributed by atoms with Crippen LogP contribution >= 0.6 is 28.1 Å². The summed E-state index contributed by atoms with van der Waals surface area (Å²) in [4.78, 5) is 2.70. The van der Waals surface area contributed by atoms with Crippen LogP contribution in [-0.4, -0.2) is 11.5 Å². The lowest BCUT2D eigenvalue weighted by molar-refractivity contribution is 0.785. The van der Waals surface area contributed by atoms with Gasteiger partial charge in [-0.05, 0) is 36.8 Å².